The van der Waals surface area contributed by atoms with Crippen molar-refractivity contribution in [3.63, 3.8) is 0 Å². The molecule has 0 aromatic carbocycles. The van der Waals surface area contributed by atoms with Gasteiger partial charge < -0.3 is 14.3 Å². The maximum atomic E-state index is 11.6. The molecule has 0 aliphatic rings. The van der Waals surface area contributed by atoms with Crippen LogP contribution in [0, 0.1) is 0 Å². The molecule has 1 N–H and O–H groups in total. The van der Waals surface area contributed by atoms with Crippen molar-refractivity contribution in [3.8, 4) is 0 Å². The Balaban J connectivity index is 2.95. The van der Waals surface area contributed by atoms with E-state index in [1.54, 1.807) is 32.9 Å². The van der Waals surface area contributed by atoms with E-state index in [4.69, 9.17) is 14.3 Å². The van der Waals surface area contributed by atoms with Gasteiger partial charge in [0.25, 0.3) is 0 Å². The van der Waals surface area contributed by atoms with Crippen LogP contribution >= 0.6 is 0 Å². The third kappa shape index (κ3) is 4.14. The van der Waals surface area contributed by atoms with Gasteiger partial charge in [-0.3, -0.25) is 0 Å². The van der Waals surface area contributed by atoms with Crippen LogP contribution in [0.15, 0.2) is 28.4 Å². The molecule has 0 unspecified atom stereocenters. The SMILES string of the molecule is CC(C)(C)OC(=O)/C(=C/c1ccco1)C(=O)O. The van der Waals surface area contributed by atoms with Crippen molar-refractivity contribution >= 4 is 18.0 Å². The molecule has 5 nitrogen and oxygen atoms in total. The van der Waals surface area contributed by atoms with Crippen molar-refractivity contribution in [1.29, 1.82) is 0 Å². The Morgan fingerprint density at radius 1 is 1.41 bits per heavy atom. The Morgan fingerprint density at radius 3 is 2.47 bits per heavy atom. The van der Waals surface area contributed by atoms with Gasteiger partial charge in [0.15, 0.2) is 0 Å². The van der Waals surface area contributed by atoms with Gasteiger partial charge in [0.1, 0.15) is 16.9 Å². The van der Waals surface area contributed by atoms with Gasteiger partial charge >= 0.3 is 11.9 Å². The van der Waals surface area contributed by atoms with Gasteiger partial charge in [0.05, 0.1) is 6.26 Å². The lowest BCUT2D eigenvalue weighted by Crippen LogP contribution is -2.27. The van der Waals surface area contributed by atoms with E-state index in [-0.39, 0.29) is 5.76 Å². The van der Waals surface area contributed by atoms with Gasteiger partial charge in [-0.2, -0.15) is 0 Å². The Kier molecular flexibility index (Phi) is 3.73. The summed E-state index contributed by atoms with van der Waals surface area (Å²) >= 11 is 0. The molecule has 0 fully saturated rings. The monoisotopic (exact) mass is 238 g/mol. The quantitative estimate of drug-likeness (QED) is 0.377. The first-order chi connectivity index (χ1) is 7.79. The van der Waals surface area contributed by atoms with Crippen LogP contribution in [-0.4, -0.2) is 22.6 Å². The second kappa shape index (κ2) is 4.86. The van der Waals surface area contributed by atoms with Gasteiger partial charge in [-0.05, 0) is 32.9 Å². The number of carbonyl (C=O) groups excluding carboxylic acids is 1. The van der Waals surface area contributed by atoms with E-state index >= 15 is 0 Å². The van der Waals surface area contributed by atoms with Crippen LogP contribution in [0.25, 0.3) is 6.08 Å². The minimum atomic E-state index is -1.35. The number of ether oxygens (including phenoxy) is 1. The molecule has 1 aromatic rings. The van der Waals surface area contributed by atoms with Crippen molar-refractivity contribution in [2.45, 2.75) is 26.4 Å². The molecule has 0 atom stereocenters. The molecular weight excluding hydrogens is 224 g/mol. The predicted molar refractivity (Wildman–Crippen MR) is 60.2 cm³/mol. The summed E-state index contributed by atoms with van der Waals surface area (Å²) in [4.78, 5) is 22.6. The minimum Gasteiger partial charge on any atom is -0.477 e. The van der Waals surface area contributed by atoms with Crippen LogP contribution in [0.1, 0.15) is 26.5 Å². The molecule has 0 saturated heterocycles. The lowest BCUT2D eigenvalue weighted by atomic mass is 10.1. The highest BCUT2D eigenvalue weighted by molar-refractivity contribution is 6.16. The average molecular weight is 238 g/mol. The summed E-state index contributed by atoms with van der Waals surface area (Å²) in [6.07, 6.45) is 2.52. The van der Waals surface area contributed by atoms with Gasteiger partial charge in [0.2, 0.25) is 0 Å². The number of carboxylic acids is 1. The molecule has 0 amide bonds. The highest BCUT2D eigenvalue weighted by Gasteiger charge is 2.24. The maximum absolute atomic E-state index is 11.6. The number of carbonyl (C=O) groups is 2. The fraction of sp³-hybridized carbons (Fsp3) is 0.333. The normalized spacial score (nSPS) is 12.3. The first-order valence-electron chi connectivity index (χ1n) is 5.01. The van der Waals surface area contributed by atoms with E-state index in [1.165, 1.54) is 6.26 Å². The fourth-order valence-electron chi connectivity index (χ4n) is 1.06. The standard InChI is InChI=1S/C12H14O5/c1-12(2,3)17-11(15)9(10(13)14)7-8-5-4-6-16-8/h4-7H,1-3H3,(H,13,14)/b9-7+. The van der Waals surface area contributed by atoms with Crippen molar-refractivity contribution < 1.29 is 23.8 Å². The molecule has 17 heavy (non-hydrogen) atoms. The van der Waals surface area contributed by atoms with Crippen molar-refractivity contribution in [3.05, 3.63) is 29.7 Å². The molecular formula is C12H14O5. The average Bonchev–Trinajstić information content (AvgIpc) is 2.62. The lowest BCUT2D eigenvalue weighted by Gasteiger charge is -2.19. The molecule has 0 saturated carbocycles. The molecule has 0 bridgehead atoms. The molecule has 1 heterocycles. The molecule has 0 spiro atoms. The Bertz CT molecular complexity index is 434. The zero-order valence-electron chi connectivity index (χ0n) is 9.89. The third-order valence-electron chi connectivity index (χ3n) is 1.68. The fourth-order valence-corrected chi connectivity index (χ4v) is 1.06. The van der Waals surface area contributed by atoms with Crippen molar-refractivity contribution in [2.75, 3.05) is 0 Å². The number of hydrogen-bond acceptors (Lipinski definition) is 4. The number of carboxylic acid groups (broad SMARTS) is 1. The summed E-state index contributed by atoms with van der Waals surface area (Å²) in [5, 5.41) is 8.93. The zero-order chi connectivity index (χ0) is 13.1. The molecule has 5 heteroatoms. The van der Waals surface area contributed by atoms with Crippen molar-refractivity contribution in [2.24, 2.45) is 0 Å². The Hall–Kier alpha value is -2.04. The van der Waals surface area contributed by atoms with E-state index < -0.39 is 23.1 Å². The molecule has 0 aliphatic carbocycles. The van der Waals surface area contributed by atoms with Gasteiger partial charge in [0, 0.05) is 6.08 Å². The van der Waals surface area contributed by atoms with Crippen molar-refractivity contribution in [1.82, 2.24) is 0 Å². The van der Waals surface area contributed by atoms with E-state index in [0.29, 0.717) is 0 Å². The topological polar surface area (TPSA) is 76.7 Å². The smallest absolute Gasteiger partial charge is 0.346 e. The molecule has 1 rings (SSSR count). The molecule has 92 valence electrons. The zero-order valence-corrected chi connectivity index (χ0v) is 9.89. The number of hydrogen-bond donors (Lipinski definition) is 1. The number of rotatable bonds is 3. The van der Waals surface area contributed by atoms with Crippen LogP contribution in [0.5, 0.6) is 0 Å². The second-order valence-electron chi connectivity index (χ2n) is 4.38. The second-order valence-corrected chi connectivity index (χ2v) is 4.38. The summed E-state index contributed by atoms with van der Waals surface area (Å²) in [6, 6.07) is 3.15. The van der Waals surface area contributed by atoms with Gasteiger partial charge in [-0.25, -0.2) is 9.59 Å². The maximum Gasteiger partial charge on any atom is 0.346 e. The Morgan fingerprint density at radius 2 is 2.06 bits per heavy atom. The van der Waals surface area contributed by atoms with E-state index in [2.05, 4.69) is 0 Å². The van der Waals surface area contributed by atoms with Crippen LogP contribution in [-0.2, 0) is 14.3 Å². The van der Waals surface area contributed by atoms with Crippen LogP contribution in [0.2, 0.25) is 0 Å². The number of esters is 1. The van der Waals surface area contributed by atoms with E-state index in [9.17, 15) is 9.59 Å². The van der Waals surface area contributed by atoms with Crippen LogP contribution in [0.3, 0.4) is 0 Å². The van der Waals surface area contributed by atoms with Crippen LogP contribution in [0.4, 0.5) is 0 Å². The van der Waals surface area contributed by atoms with Gasteiger partial charge in [-0.1, -0.05) is 0 Å². The largest absolute Gasteiger partial charge is 0.477 e. The molecule has 0 radical (unpaired) electrons. The summed E-state index contributed by atoms with van der Waals surface area (Å²) < 4.78 is 9.93. The highest BCUT2D eigenvalue weighted by atomic mass is 16.6. The first kappa shape index (κ1) is 13.0. The molecule has 1 aromatic heterocycles. The minimum absolute atomic E-state index is 0.285. The first-order valence-corrected chi connectivity index (χ1v) is 5.01. The molecule has 0 aliphatic heterocycles. The summed E-state index contributed by atoms with van der Waals surface area (Å²) in [5.74, 6) is -1.95. The highest BCUT2D eigenvalue weighted by Crippen LogP contribution is 2.14. The summed E-state index contributed by atoms with van der Waals surface area (Å²) in [6.45, 7) is 4.99. The summed E-state index contributed by atoms with van der Waals surface area (Å²) in [7, 11) is 0. The van der Waals surface area contributed by atoms with Crippen LogP contribution < -0.4 is 0 Å². The predicted octanol–water partition coefficient (Wildman–Crippen LogP) is 2.09. The van der Waals surface area contributed by atoms with E-state index in [1.807, 2.05) is 0 Å². The lowest BCUT2D eigenvalue weighted by molar-refractivity contribution is -0.152. The van der Waals surface area contributed by atoms with Gasteiger partial charge in [-0.15, -0.1) is 0 Å². The summed E-state index contributed by atoms with van der Waals surface area (Å²) in [5.41, 5.74) is -1.20. The van der Waals surface area contributed by atoms with E-state index in [0.717, 1.165) is 6.08 Å². The third-order valence-corrected chi connectivity index (χ3v) is 1.68. The number of aliphatic carboxylic acids is 1. The number of furan rings is 1. The Labute approximate surface area is 98.7 Å².